The summed E-state index contributed by atoms with van der Waals surface area (Å²) < 4.78 is 5.08. The van der Waals surface area contributed by atoms with Gasteiger partial charge in [-0.2, -0.15) is 0 Å². The van der Waals surface area contributed by atoms with E-state index in [0.717, 1.165) is 5.69 Å². The third kappa shape index (κ3) is 6.29. The molecule has 0 aromatic carbocycles. The average molecular weight is 235 g/mol. The van der Waals surface area contributed by atoms with E-state index in [9.17, 15) is 4.79 Å². The molecule has 0 aliphatic carbocycles. The minimum Gasteiger partial charge on any atom is -0.444 e. The van der Waals surface area contributed by atoms with Gasteiger partial charge in [-0.15, -0.1) is 0 Å². The molecule has 1 heterocycles. The molecule has 1 rings (SSSR count). The van der Waals surface area contributed by atoms with Crippen LogP contribution in [0.1, 0.15) is 26.5 Å². The van der Waals surface area contributed by atoms with E-state index in [0.29, 0.717) is 6.54 Å². The first-order valence-corrected chi connectivity index (χ1v) is 5.37. The van der Waals surface area contributed by atoms with Crippen molar-refractivity contribution in [3.8, 4) is 0 Å². The summed E-state index contributed by atoms with van der Waals surface area (Å²) in [5.74, 6) is 0. The Morgan fingerprint density at radius 2 is 2.24 bits per heavy atom. The van der Waals surface area contributed by atoms with Crippen molar-refractivity contribution >= 4 is 12.2 Å². The Morgan fingerprint density at radius 3 is 2.82 bits per heavy atom. The van der Waals surface area contributed by atoms with Crippen molar-refractivity contribution in [2.75, 3.05) is 6.54 Å². The second kappa shape index (κ2) is 5.98. The van der Waals surface area contributed by atoms with Crippen LogP contribution in [0.5, 0.6) is 0 Å². The van der Waals surface area contributed by atoms with Gasteiger partial charge in [0, 0.05) is 18.9 Å². The standard InChI is InChI=1S/C12H17N3O2/c1-12(2,3)17-11(16)15-6-4-5-10-9-13-7-8-14-10/h4-5,7-9H,6H2,1-3H3,(H,15,16). The van der Waals surface area contributed by atoms with Crippen LogP contribution in [0, 0.1) is 0 Å². The van der Waals surface area contributed by atoms with Crippen LogP contribution in [0.25, 0.3) is 6.08 Å². The van der Waals surface area contributed by atoms with Crippen LogP contribution in [0.4, 0.5) is 4.79 Å². The maximum absolute atomic E-state index is 11.3. The minimum atomic E-state index is -0.474. The van der Waals surface area contributed by atoms with E-state index >= 15 is 0 Å². The van der Waals surface area contributed by atoms with Gasteiger partial charge in [0.05, 0.1) is 11.9 Å². The van der Waals surface area contributed by atoms with E-state index in [4.69, 9.17) is 4.74 Å². The largest absolute Gasteiger partial charge is 0.444 e. The maximum atomic E-state index is 11.3. The summed E-state index contributed by atoms with van der Waals surface area (Å²) in [6.45, 7) is 5.86. The zero-order valence-corrected chi connectivity index (χ0v) is 10.3. The number of carbonyl (C=O) groups excluding carboxylic acids is 1. The molecule has 0 spiro atoms. The van der Waals surface area contributed by atoms with Crippen LogP contribution in [0.15, 0.2) is 24.7 Å². The number of aromatic nitrogens is 2. The molecular formula is C12H17N3O2. The van der Waals surface area contributed by atoms with Crippen molar-refractivity contribution in [2.45, 2.75) is 26.4 Å². The quantitative estimate of drug-likeness (QED) is 0.870. The molecule has 5 nitrogen and oxygen atoms in total. The fourth-order valence-corrected chi connectivity index (χ4v) is 1.03. The average Bonchev–Trinajstić information content (AvgIpc) is 2.23. The molecule has 1 aromatic heterocycles. The summed E-state index contributed by atoms with van der Waals surface area (Å²) in [5.41, 5.74) is 0.275. The van der Waals surface area contributed by atoms with Gasteiger partial charge >= 0.3 is 6.09 Å². The SMILES string of the molecule is CC(C)(C)OC(=O)NCC=Cc1cnccn1. The molecule has 0 atom stereocenters. The van der Waals surface area contributed by atoms with Gasteiger partial charge in [0.1, 0.15) is 5.60 Å². The minimum absolute atomic E-state index is 0.394. The molecule has 0 radical (unpaired) electrons. The fraction of sp³-hybridized carbons (Fsp3) is 0.417. The Morgan fingerprint density at radius 1 is 1.47 bits per heavy atom. The van der Waals surface area contributed by atoms with Crippen LogP contribution in [-0.2, 0) is 4.74 Å². The number of rotatable bonds is 3. The van der Waals surface area contributed by atoms with Crippen LogP contribution in [0.2, 0.25) is 0 Å². The van der Waals surface area contributed by atoms with Gasteiger partial charge in [-0.25, -0.2) is 4.79 Å². The van der Waals surface area contributed by atoms with Crippen LogP contribution >= 0.6 is 0 Å². The van der Waals surface area contributed by atoms with Crippen LogP contribution < -0.4 is 5.32 Å². The molecule has 92 valence electrons. The van der Waals surface area contributed by atoms with Gasteiger partial charge in [-0.3, -0.25) is 9.97 Å². The van der Waals surface area contributed by atoms with Gasteiger partial charge < -0.3 is 10.1 Å². The van der Waals surface area contributed by atoms with Gasteiger partial charge in [0.25, 0.3) is 0 Å². The van der Waals surface area contributed by atoms with E-state index in [2.05, 4.69) is 15.3 Å². The summed E-state index contributed by atoms with van der Waals surface area (Å²) in [6, 6.07) is 0. The first kappa shape index (κ1) is 13.2. The monoisotopic (exact) mass is 235 g/mol. The van der Waals surface area contributed by atoms with Crippen molar-refractivity contribution in [1.29, 1.82) is 0 Å². The summed E-state index contributed by atoms with van der Waals surface area (Å²) in [4.78, 5) is 19.3. The molecule has 0 saturated heterocycles. The highest BCUT2D eigenvalue weighted by Gasteiger charge is 2.14. The number of hydrogen-bond donors (Lipinski definition) is 1. The van der Waals surface area contributed by atoms with Crippen molar-refractivity contribution in [2.24, 2.45) is 0 Å². The molecule has 17 heavy (non-hydrogen) atoms. The molecule has 1 N–H and O–H groups in total. The topological polar surface area (TPSA) is 64.1 Å². The van der Waals surface area contributed by atoms with Crippen molar-refractivity contribution in [3.05, 3.63) is 30.4 Å². The summed E-state index contributed by atoms with van der Waals surface area (Å²) in [5, 5.41) is 2.61. The number of hydrogen-bond acceptors (Lipinski definition) is 4. The number of amides is 1. The molecule has 0 fully saturated rings. The lowest BCUT2D eigenvalue weighted by atomic mass is 10.2. The van der Waals surface area contributed by atoms with Crippen molar-refractivity contribution in [1.82, 2.24) is 15.3 Å². The predicted octanol–water partition coefficient (Wildman–Crippen LogP) is 2.01. The van der Waals surface area contributed by atoms with Gasteiger partial charge in [-0.05, 0) is 26.8 Å². The van der Waals surface area contributed by atoms with Crippen LogP contribution in [0.3, 0.4) is 0 Å². The summed E-state index contributed by atoms with van der Waals surface area (Å²) in [7, 11) is 0. The fourth-order valence-electron chi connectivity index (χ4n) is 1.03. The van der Waals surface area contributed by atoms with Gasteiger partial charge in [0.15, 0.2) is 0 Å². The maximum Gasteiger partial charge on any atom is 0.407 e. The third-order valence-corrected chi connectivity index (χ3v) is 1.63. The summed E-state index contributed by atoms with van der Waals surface area (Å²) >= 11 is 0. The number of alkyl carbamates (subject to hydrolysis) is 1. The molecule has 1 aromatic rings. The first-order chi connectivity index (χ1) is 7.97. The Bertz CT molecular complexity index is 382. The summed E-state index contributed by atoms with van der Waals surface area (Å²) in [6.07, 6.45) is 8.00. The zero-order chi connectivity index (χ0) is 12.7. The third-order valence-electron chi connectivity index (χ3n) is 1.63. The number of ether oxygens (including phenoxy) is 1. The molecule has 1 amide bonds. The highest BCUT2D eigenvalue weighted by molar-refractivity contribution is 5.68. The Labute approximate surface area is 101 Å². The van der Waals surface area contributed by atoms with Gasteiger partial charge in [-0.1, -0.05) is 6.08 Å². The molecule has 0 aliphatic heterocycles. The molecular weight excluding hydrogens is 218 g/mol. The van der Waals surface area contributed by atoms with E-state index in [1.54, 1.807) is 30.7 Å². The smallest absolute Gasteiger partial charge is 0.407 e. The zero-order valence-electron chi connectivity index (χ0n) is 10.3. The Hall–Kier alpha value is -1.91. The van der Waals surface area contributed by atoms with Crippen molar-refractivity contribution < 1.29 is 9.53 Å². The van der Waals surface area contributed by atoms with E-state index in [-0.39, 0.29) is 0 Å². The highest BCUT2D eigenvalue weighted by Crippen LogP contribution is 2.06. The Balaban J connectivity index is 2.29. The van der Waals surface area contributed by atoms with E-state index in [1.165, 1.54) is 0 Å². The van der Waals surface area contributed by atoms with Crippen LogP contribution in [-0.4, -0.2) is 28.2 Å². The molecule has 5 heteroatoms. The molecule has 0 bridgehead atoms. The van der Waals surface area contributed by atoms with Crippen molar-refractivity contribution in [3.63, 3.8) is 0 Å². The lowest BCUT2D eigenvalue weighted by molar-refractivity contribution is 0.0534. The first-order valence-electron chi connectivity index (χ1n) is 5.37. The normalized spacial score (nSPS) is 11.5. The molecule has 0 unspecified atom stereocenters. The number of nitrogens with zero attached hydrogens (tertiary/aromatic N) is 2. The molecule has 0 saturated carbocycles. The number of carbonyl (C=O) groups is 1. The predicted molar refractivity (Wildman–Crippen MR) is 65.3 cm³/mol. The van der Waals surface area contributed by atoms with E-state index < -0.39 is 11.7 Å². The second-order valence-corrected chi connectivity index (χ2v) is 4.42. The van der Waals surface area contributed by atoms with E-state index in [1.807, 2.05) is 20.8 Å². The molecule has 0 aliphatic rings. The lowest BCUT2D eigenvalue weighted by Gasteiger charge is -2.19. The lowest BCUT2D eigenvalue weighted by Crippen LogP contribution is -2.32. The second-order valence-electron chi connectivity index (χ2n) is 4.42. The number of nitrogens with one attached hydrogen (secondary N) is 1. The van der Waals surface area contributed by atoms with Gasteiger partial charge in [0.2, 0.25) is 0 Å². The highest BCUT2D eigenvalue weighted by atomic mass is 16.6. The Kier molecular flexibility index (Phi) is 4.63.